The molecule has 0 unspecified atom stereocenters. The minimum absolute atomic E-state index is 0.0257. The highest BCUT2D eigenvalue weighted by atomic mass is 16.2. The van der Waals surface area contributed by atoms with E-state index in [1.165, 1.54) is 0 Å². The Labute approximate surface area is 158 Å². The number of nitrogens with zero attached hydrogens (tertiary/aromatic N) is 3. The smallest absolute Gasteiger partial charge is 0.274 e. The van der Waals surface area contributed by atoms with Crippen LogP contribution in [0.15, 0.2) is 36.4 Å². The number of carbonyl (C=O) groups excluding carboxylic acids is 1. The van der Waals surface area contributed by atoms with Gasteiger partial charge in [-0.25, -0.2) is 0 Å². The van der Waals surface area contributed by atoms with Gasteiger partial charge in [-0.05, 0) is 37.0 Å². The second-order valence-corrected chi connectivity index (χ2v) is 7.61. The summed E-state index contributed by atoms with van der Waals surface area (Å²) in [5, 5.41) is 8.22. The van der Waals surface area contributed by atoms with Crippen molar-refractivity contribution >= 4 is 22.5 Å². The maximum absolute atomic E-state index is 12.9. The van der Waals surface area contributed by atoms with Crippen LogP contribution in [0.5, 0.6) is 0 Å². The molecule has 27 heavy (non-hydrogen) atoms. The van der Waals surface area contributed by atoms with Crippen LogP contribution in [0.1, 0.15) is 60.4 Å². The molecule has 6 heteroatoms. The van der Waals surface area contributed by atoms with Crippen LogP contribution in [-0.2, 0) is 0 Å². The molecule has 140 valence electrons. The molecular weight excluding hydrogens is 338 g/mol. The third-order valence-corrected chi connectivity index (χ3v) is 5.32. The summed E-state index contributed by atoms with van der Waals surface area (Å²) in [5.74, 6) is 0.438. The number of aromatic amines is 1. The highest BCUT2D eigenvalue weighted by Crippen LogP contribution is 2.31. The Bertz CT molecular complexity index is 978. The number of amides is 1. The van der Waals surface area contributed by atoms with E-state index in [2.05, 4.69) is 24.0 Å². The minimum atomic E-state index is -0.0257. The normalized spacial score (nSPS) is 17.6. The number of H-pyrrole nitrogens is 1. The number of nitrogen functional groups attached to an aromatic ring is 1. The molecule has 0 aliphatic carbocycles. The van der Waals surface area contributed by atoms with Crippen molar-refractivity contribution in [1.82, 2.24) is 20.1 Å². The van der Waals surface area contributed by atoms with E-state index in [1.807, 2.05) is 41.3 Å². The fourth-order valence-corrected chi connectivity index (χ4v) is 3.76. The average Bonchev–Trinajstić information content (AvgIpc) is 3.17. The van der Waals surface area contributed by atoms with E-state index in [-0.39, 0.29) is 11.8 Å². The monoisotopic (exact) mass is 363 g/mol. The Morgan fingerprint density at radius 2 is 2.11 bits per heavy atom. The fourth-order valence-electron chi connectivity index (χ4n) is 3.76. The molecule has 3 heterocycles. The largest absolute Gasteiger partial charge is 0.397 e. The number of benzene rings is 1. The van der Waals surface area contributed by atoms with Crippen LogP contribution in [0.3, 0.4) is 0 Å². The number of carbonyl (C=O) groups is 1. The number of nitrogens with one attached hydrogen (secondary N) is 1. The average molecular weight is 363 g/mol. The molecule has 1 aliphatic heterocycles. The lowest BCUT2D eigenvalue weighted by Crippen LogP contribution is -2.39. The number of hydrogen-bond donors (Lipinski definition) is 2. The van der Waals surface area contributed by atoms with Crippen LogP contribution in [-0.4, -0.2) is 39.1 Å². The molecule has 0 radical (unpaired) electrons. The lowest BCUT2D eigenvalue weighted by Gasteiger charge is -2.32. The van der Waals surface area contributed by atoms with Crippen molar-refractivity contribution in [2.45, 2.75) is 38.5 Å². The summed E-state index contributed by atoms with van der Waals surface area (Å²) in [6.07, 6.45) is 1.92. The number of aromatic nitrogens is 3. The predicted octanol–water partition coefficient (Wildman–Crippen LogP) is 3.68. The first kappa shape index (κ1) is 17.5. The molecule has 2 aromatic heterocycles. The first-order chi connectivity index (χ1) is 13.0. The maximum Gasteiger partial charge on any atom is 0.274 e. The molecule has 3 N–H and O–H groups in total. The quantitative estimate of drug-likeness (QED) is 0.743. The first-order valence-electron chi connectivity index (χ1n) is 9.52. The summed E-state index contributed by atoms with van der Waals surface area (Å²) >= 11 is 0. The number of nitrogens with two attached hydrogens (primary N) is 1. The van der Waals surface area contributed by atoms with Crippen molar-refractivity contribution in [3.63, 3.8) is 0 Å². The lowest BCUT2D eigenvalue weighted by molar-refractivity contribution is 0.0700. The van der Waals surface area contributed by atoms with Crippen molar-refractivity contribution in [1.29, 1.82) is 0 Å². The molecule has 1 saturated heterocycles. The van der Waals surface area contributed by atoms with Gasteiger partial charge in [-0.3, -0.25) is 14.9 Å². The number of rotatable bonds is 3. The van der Waals surface area contributed by atoms with Gasteiger partial charge in [-0.2, -0.15) is 5.10 Å². The zero-order valence-electron chi connectivity index (χ0n) is 15.8. The van der Waals surface area contributed by atoms with Crippen LogP contribution in [0, 0.1) is 0 Å². The van der Waals surface area contributed by atoms with E-state index in [4.69, 9.17) is 10.7 Å². The zero-order valence-corrected chi connectivity index (χ0v) is 15.8. The van der Waals surface area contributed by atoms with Gasteiger partial charge in [0.05, 0.1) is 16.9 Å². The van der Waals surface area contributed by atoms with E-state index in [0.717, 1.165) is 41.7 Å². The molecule has 0 bridgehead atoms. The van der Waals surface area contributed by atoms with Gasteiger partial charge in [-0.1, -0.05) is 32.0 Å². The maximum atomic E-state index is 12.9. The molecular formula is C21H25N5O. The van der Waals surface area contributed by atoms with Gasteiger partial charge < -0.3 is 10.6 Å². The van der Waals surface area contributed by atoms with E-state index in [0.29, 0.717) is 23.8 Å². The van der Waals surface area contributed by atoms with Gasteiger partial charge in [0.2, 0.25) is 0 Å². The van der Waals surface area contributed by atoms with Crippen molar-refractivity contribution in [3.05, 3.63) is 53.5 Å². The Morgan fingerprint density at radius 3 is 2.89 bits per heavy atom. The van der Waals surface area contributed by atoms with E-state index >= 15 is 0 Å². The third-order valence-electron chi connectivity index (χ3n) is 5.32. The van der Waals surface area contributed by atoms with Gasteiger partial charge in [0, 0.05) is 30.1 Å². The number of pyridine rings is 1. The molecule has 1 amide bonds. The molecule has 1 aromatic carbocycles. The Kier molecular flexibility index (Phi) is 4.56. The van der Waals surface area contributed by atoms with Gasteiger partial charge in [-0.15, -0.1) is 0 Å². The lowest BCUT2D eigenvalue weighted by atomic mass is 9.92. The summed E-state index contributed by atoms with van der Waals surface area (Å²) in [6.45, 7) is 5.52. The number of hydrogen-bond acceptors (Lipinski definition) is 4. The van der Waals surface area contributed by atoms with Crippen molar-refractivity contribution in [2.24, 2.45) is 0 Å². The van der Waals surface area contributed by atoms with E-state index in [1.54, 1.807) is 0 Å². The van der Waals surface area contributed by atoms with Crippen LogP contribution in [0.4, 0.5) is 5.69 Å². The number of likely N-dealkylation sites (tertiary alicyclic amines) is 1. The Hall–Kier alpha value is -2.89. The van der Waals surface area contributed by atoms with Crippen molar-refractivity contribution in [2.75, 3.05) is 18.8 Å². The molecule has 6 nitrogen and oxygen atoms in total. The molecule has 0 saturated carbocycles. The summed E-state index contributed by atoms with van der Waals surface area (Å²) in [7, 11) is 0. The van der Waals surface area contributed by atoms with Crippen LogP contribution >= 0.6 is 0 Å². The molecule has 1 fully saturated rings. The number of piperidine rings is 1. The van der Waals surface area contributed by atoms with Crippen molar-refractivity contribution in [3.8, 4) is 0 Å². The number of fused-ring (bicyclic) bond motifs is 1. The highest BCUT2D eigenvalue weighted by molar-refractivity contribution is 5.92. The molecule has 4 rings (SSSR count). The molecule has 1 aliphatic rings. The van der Waals surface area contributed by atoms with Crippen LogP contribution in [0.2, 0.25) is 0 Å². The van der Waals surface area contributed by atoms with E-state index < -0.39 is 0 Å². The Morgan fingerprint density at radius 1 is 1.30 bits per heavy atom. The molecule has 1 atom stereocenters. The number of anilines is 1. The highest BCUT2D eigenvalue weighted by Gasteiger charge is 2.29. The van der Waals surface area contributed by atoms with Crippen LogP contribution < -0.4 is 5.73 Å². The third kappa shape index (κ3) is 3.39. The second-order valence-electron chi connectivity index (χ2n) is 7.61. The fraction of sp³-hybridized carbons (Fsp3) is 0.381. The minimum Gasteiger partial charge on any atom is -0.397 e. The summed E-state index contributed by atoms with van der Waals surface area (Å²) < 4.78 is 0. The topological polar surface area (TPSA) is 87.9 Å². The zero-order chi connectivity index (χ0) is 19.0. The summed E-state index contributed by atoms with van der Waals surface area (Å²) in [4.78, 5) is 19.6. The standard InChI is InChI=1S/C21H25N5O/c1-13(2)18-11-19(25-24-18)21(27)26-9-5-7-15(12-26)20-16(22)10-14-6-3-4-8-17(14)23-20/h3-4,6,8,10-11,13,15H,5,7,9,12,22H2,1-2H3,(H,24,25)/t15-/m1/s1. The predicted molar refractivity (Wildman–Crippen MR) is 107 cm³/mol. The molecule has 3 aromatic rings. The SMILES string of the molecule is CC(C)c1cc(C(=O)N2CCC[C@@H](c3nc4ccccc4cc3N)C2)n[nH]1. The summed E-state index contributed by atoms with van der Waals surface area (Å²) in [5.41, 5.74) is 10.3. The Balaban J connectivity index is 1.57. The molecule has 0 spiro atoms. The second kappa shape index (κ2) is 7.02. The van der Waals surface area contributed by atoms with Crippen LogP contribution in [0.25, 0.3) is 10.9 Å². The summed E-state index contributed by atoms with van der Waals surface area (Å²) in [6, 6.07) is 11.8. The van der Waals surface area contributed by atoms with E-state index in [9.17, 15) is 4.79 Å². The number of para-hydroxylation sites is 1. The first-order valence-corrected chi connectivity index (χ1v) is 9.52. The van der Waals surface area contributed by atoms with Gasteiger partial charge >= 0.3 is 0 Å². The van der Waals surface area contributed by atoms with Gasteiger partial charge in [0.1, 0.15) is 5.69 Å². The van der Waals surface area contributed by atoms with Gasteiger partial charge in [0.15, 0.2) is 0 Å². The van der Waals surface area contributed by atoms with Crippen molar-refractivity contribution < 1.29 is 4.79 Å². The van der Waals surface area contributed by atoms with Gasteiger partial charge in [0.25, 0.3) is 5.91 Å².